The third-order valence-electron chi connectivity index (χ3n) is 5.24. The van der Waals surface area contributed by atoms with E-state index in [2.05, 4.69) is 48.6 Å². The molecular weight excluding hydrogens is 314 g/mol. The van der Waals surface area contributed by atoms with Gasteiger partial charge in [-0.1, -0.05) is 30.3 Å². The van der Waals surface area contributed by atoms with Gasteiger partial charge in [0, 0.05) is 25.9 Å². The summed E-state index contributed by atoms with van der Waals surface area (Å²) in [6.07, 6.45) is 2.04. The second-order valence-corrected chi connectivity index (χ2v) is 7.04. The quantitative estimate of drug-likeness (QED) is 0.929. The minimum Gasteiger partial charge on any atom is -0.493 e. The summed E-state index contributed by atoms with van der Waals surface area (Å²) in [5, 5.41) is 3.41. The average Bonchev–Trinajstić information content (AvgIpc) is 3.04. The van der Waals surface area contributed by atoms with Crippen LogP contribution in [0.15, 0.2) is 42.5 Å². The zero-order valence-corrected chi connectivity index (χ0v) is 14.9. The van der Waals surface area contributed by atoms with E-state index in [9.17, 15) is 0 Å². The molecule has 1 unspecified atom stereocenters. The minimum atomic E-state index is -0.332. The van der Waals surface area contributed by atoms with Gasteiger partial charge in [0.05, 0.1) is 13.7 Å². The zero-order valence-electron chi connectivity index (χ0n) is 14.9. The first-order valence-electron chi connectivity index (χ1n) is 8.94. The molecule has 0 radical (unpaired) electrons. The summed E-state index contributed by atoms with van der Waals surface area (Å²) in [6, 6.07) is 14.7. The average molecular weight is 339 g/mol. The van der Waals surface area contributed by atoms with Crippen molar-refractivity contribution in [3.05, 3.63) is 59.2 Å². The third kappa shape index (κ3) is 3.24. The Labute approximate surface area is 149 Å². The molecule has 0 aromatic heterocycles. The van der Waals surface area contributed by atoms with Crippen LogP contribution in [0.25, 0.3) is 0 Å². The Morgan fingerprint density at radius 3 is 2.48 bits per heavy atom. The predicted molar refractivity (Wildman–Crippen MR) is 97.4 cm³/mol. The molecule has 2 aromatic rings. The van der Waals surface area contributed by atoms with E-state index >= 15 is 0 Å². The van der Waals surface area contributed by atoms with Crippen molar-refractivity contribution in [2.45, 2.75) is 31.5 Å². The summed E-state index contributed by atoms with van der Waals surface area (Å²) >= 11 is 0. The van der Waals surface area contributed by atoms with Gasteiger partial charge in [-0.05, 0) is 35.7 Å². The van der Waals surface area contributed by atoms with Crippen molar-refractivity contribution < 1.29 is 14.2 Å². The van der Waals surface area contributed by atoms with Crippen LogP contribution in [-0.4, -0.2) is 32.9 Å². The molecule has 0 spiro atoms. The molecule has 4 rings (SSSR count). The van der Waals surface area contributed by atoms with E-state index in [4.69, 9.17) is 14.2 Å². The number of benzene rings is 2. The largest absolute Gasteiger partial charge is 0.493 e. The molecule has 132 valence electrons. The van der Waals surface area contributed by atoms with Crippen LogP contribution in [-0.2, 0) is 23.2 Å². The van der Waals surface area contributed by atoms with E-state index in [0.717, 1.165) is 49.6 Å². The van der Waals surface area contributed by atoms with E-state index in [1.54, 1.807) is 7.11 Å². The van der Waals surface area contributed by atoms with Gasteiger partial charge in [-0.3, -0.25) is 0 Å². The summed E-state index contributed by atoms with van der Waals surface area (Å²) in [7, 11) is 1.69. The fourth-order valence-corrected chi connectivity index (χ4v) is 3.79. The Hall–Kier alpha value is -2.04. The first-order chi connectivity index (χ1) is 12.2. The number of morpholine rings is 1. The molecule has 0 saturated carbocycles. The molecule has 1 N–H and O–H groups in total. The molecular formula is C21H25NO3. The van der Waals surface area contributed by atoms with Crippen molar-refractivity contribution in [3.63, 3.8) is 0 Å². The van der Waals surface area contributed by atoms with Crippen molar-refractivity contribution in [1.29, 1.82) is 0 Å². The molecule has 2 aliphatic rings. The van der Waals surface area contributed by atoms with Crippen LogP contribution in [0.3, 0.4) is 0 Å². The van der Waals surface area contributed by atoms with Crippen LogP contribution >= 0.6 is 0 Å². The Balaban J connectivity index is 1.57. The summed E-state index contributed by atoms with van der Waals surface area (Å²) in [5.41, 5.74) is 3.55. The maximum Gasteiger partial charge on any atom is 0.161 e. The molecule has 1 heterocycles. The van der Waals surface area contributed by atoms with Crippen LogP contribution < -0.4 is 14.8 Å². The van der Waals surface area contributed by atoms with Gasteiger partial charge >= 0.3 is 0 Å². The highest BCUT2D eigenvalue weighted by molar-refractivity contribution is 5.45. The molecule has 1 saturated heterocycles. The smallest absolute Gasteiger partial charge is 0.161 e. The normalized spacial score (nSPS) is 23.3. The number of fused-ring (bicyclic) bond motifs is 1. The van der Waals surface area contributed by atoms with Crippen molar-refractivity contribution in [2.24, 2.45) is 0 Å². The van der Waals surface area contributed by atoms with E-state index in [1.807, 2.05) is 6.07 Å². The number of hydrogen-bond donors (Lipinski definition) is 1. The SMILES string of the molecule is COc1ccc(C2(C)CNCCO2)cc1OC1Cc2ccccc2C1. The van der Waals surface area contributed by atoms with Crippen molar-refractivity contribution >= 4 is 0 Å². The summed E-state index contributed by atoms with van der Waals surface area (Å²) in [4.78, 5) is 0. The van der Waals surface area contributed by atoms with E-state index in [-0.39, 0.29) is 11.7 Å². The summed E-state index contributed by atoms with van der Waals surface area (Å²) in [5.74, 6) is 1.57. The number of methoxy groups -OCH3 is 1. The van der Waals surface area contributed by atoms with Gasteiger partial charge in [-0.15, -0.1) is 0 Å². The van der Waals surface area contributed by atoms with E-state index in [0.29, 0.717) is 0 Å². The lowest BCUT2D eigenvalue weighted by molar-refractivity contribution is -0.0574. The van der Waals surface area contributed by atoms with Crippen LogP contribution in [0.2, 0.25) is 0 Å². The van der Waals surface area contributed by atoms with Crippen LogP contribution in [0.5, 0.6) is 11.5 Å². The minimum absolute atomic E-state index is 0.153. The highest BCUT2D eigenvalue weighted by Crippen LogP contribution is 2.36. The summed E-state index contributed by atoms with van der Waals surface area (Å²) in [6.45, 7) is 4.54. The Bertz CT molecular complexity index is 728. The standard InChI is InChI=1S/C21H25NO3/c1-21(14-22-9-10-24-21)17-7-8-19(23-2)20(13-17)25-18-11-15-5-3-4-6-16(15)12-18/h3-8,13,18,22H,9-12,14H2,1-2H3. The molecule has 4 nitrogen and oxygen atoms in total. The van der Waals surface area contributed by atoms with Crippen LogP contribution in [0, 0.1) is 0 Å². The molecule has 1 aliphatic carbocycles. The molecule has 1 aliphatic heterocycles. The lowest BCUT2D eigenvalue weighted by Gasteiger charge is -2.35. The molecule has 25 heavy (non-hydrogen) atoms. The van der Waals surface area contributed by atoms with Gasteiger partial charge in [0.2, 0.25) is 0 Å². The third-order valence-corrected chi connectivity index (χ3v) is 5.24. The van der Waals surface area contributed by atoms with Crippen molar-refractivity contribution in [1.82, 2.24) is 5.32 Å². The van der Waals surface area contributed by atoms with E-state index < -0.39 is 0 Å². The first kappa shape index (κ1) is 16.4. The highest BCUT2D eigenvalue weighted by atomic mass is 16.5. The van der Waals surface area contributed by atoms with Gasteiger partial charge < -0.3 is 19.5 Å². The van der Waals surface area contributed by atoms with Crippen LogP contribution in [0.1, 0.15) is 23.6 Å². The van der Waals surface area contributed by atoms with Gasteiger partial charge in [-0.2, -0.15) is 0 Å². The fraction of sp³-hybridized carbons (Fsp3) is 0.429. The topological polar surface area (TPSA) is 39.7 Å². The second-order valence-electron chi connectivity index (χ2n) is 7.04. The van der Waals surface area contributed by atoms with Gasteiger partial charge in [0.15, 0.2) is 11.5 Å². The fourth-order valence-electron chi connectivity index (χ4n) is 3.79. The van der Waals surface area contributed by atoms with E-state index in [1.165, 1.54) is 11.1 Å². The molecule has 0 bridgehead atoms. The number of hydrogen-bond acceptors (Lipinski definition) is 4. The van der Waals surface area contributed by atoms with Crippen LogP contribution in [0.4, 0.5) is 0 Å². The number of ether oxygens (including phenoxy) is 3. The number of rotatable bonds is 4. The van der Waals surface area contributed by atoms with Crippen molar-refractivity contribution in [2.75, 3.05) is 26.8 Å². The molecule has 4 heteroatoms. The maximum absolute atomic E-state index is 6.36. The molecule has 0 amide bonds. The summed E-state index contributed by atoms with van der Waals surface area (Å²) < 4.78 is 17.9. The molecule has 1 atom stereocenters. The van der Waals surface area contributed by atoms with Gasteiger partial charge in [0.25, 0.3) is 0 Å². The Morgan fingerprint density at radius 2 is 1.84 bits per heavy atom. The Morgan fingerprint density at radius 1 is 1.08 bits per heavy atom. The second kappa shape index (κ2) is 6.70. The predicted octanol–water partition coefficient (Wildman–Crippen LogP) is 3.08. The lowest BCUT2D eigenvalue weighted by Crippen LogP contribution is -2.45. The molecule has 1 fully saturated rings. The van der Waals surface area contributed by atoms with Gasteiger partial charge in [-0.25, -0.2) is 0 Å². The van der Waals surface area contributed by atoms with Gasteiger partial charge in [0.1, 0.15) is 11.7 Å². The first-order valence-corrected chi connectivity index (χ1v) is 8.94. The highest BCUT2D eigenvalue weighted by Gasteiger charge is 2.31. The van der Waals surface area contributed by atoms with Crippen molar-refractivity contribution in [3.8, 4) is 11.5 Å². The number of nitrogens with one attached hydrogen (secondary N) is 1. The Kier molecular flexibility index (Phi) is 4.40. The zero-order chi connectivity index (χ0) is 17.3. The maximum atomic E-state index is 6.36. The lowest BCUT2D eigenvalue weighted by atomic mass is 9.94. The molecule has 2 aromatic carbocycles. The monoisotopic (exact) mass is 339 g/mol.